The molecule has 0 aliphatic rings. The van der Waals surface area contributed by atoms with Crippen LogP contribution in [0.2, 0.25) is 0 Å². The van der Waals surface area contributed by atoms with E-state index in [0.29, 0.717) is 5.69 Å². The Morgan fingerprint density at radius 2 is 2.38 bits per heavy atom. The summed E-state index contributed by atoms with van der Waals surface area (Å²) in [6, 6.07) is 1.79. The van der Waals surface area contributed by atoms with Crippen molar-refractivity contribution in [2.45, 2.75) is 13.5 Å². The largest absolute Gasteiger partial charge is 0.464 e. The normalized spacial score (nSPS) is 10.1. The number of aryl methyl sites for hydroxylation is 1. The van der Waals surface area contributed by atoms with Gasteiger partial charge in [-0.05, 0) is 25.6 Å². The van der Waals surface area contributed by atoms with Gasteiger partial charge in [0.2, 0.25) is 0 Å². The molecule has 0 atom stereocenters. The van der Waals surface area contributed by atoms with Gasteiger partial charge in [0.05, 0.1) is 7.11 Å². The Hall–Kier alpha value is -1.29. The van der Waals surface area contributed by atoms with E-state index in [1.165, 1.54) is 7.11 Å². The molecule has 1 rings (SSSR count). The van der Waals surface area contributed by atoms with Crippen molar-refractivity contribution < 1.29 is 9.53 Å². The quantitative estimate of drug-likeness (QED) is 0.681. The first-order chi connectivity index (χ1) is 6.19. The Bertz CT molecular complexity index is 305. The van der Waals surface area contributed by atoms with Crippen molar-refractivity contribution in [3.8, 4) is 0 Å². The minimum absolute atomic E-state index is 0.328. The lowest BCUT2D eigenvalue weighted by atomic mass is 10.2. The third-order valence-corrected chi connectivity index (χ3v) is 1.88. The van der Waals surface area contributed by atoms with Gasteiger partial charge in [-0.25, -0.2) is 4.79 Å². The molecule has 13 heavy (non-hydrogen) atoms. The molecule has 4 heteroatoms. The lowest BCUT2D eigenvalue weighted by molar-refractivity contribution is 0.0594. The number of aromatic amines is 1. The van der Waals surface area contributed by atoms with Crippen LogP contribution in [0.25, 0.3) is 0 Å². The van der Waals surface area contributed by atoms with Crippen molar-refractivity contribution in [3.05, 3.63) is 23.0 Å². The van der Waals surface area contributed by atoms with Gasteiger partial charge in [0.15, 0.2) is 0 Å². The number of hydrogen-bond acceptors (Lipinski definition) is 3. The molecule has 0 bridgehead atoms. The van der Waals surface area contributed by atoms with E-state index < -0.39 is 0 Å². The van der Waals surface area contributed by atoms with Crippen LogP contribution in [-0.2, 0) is 11.3 Å². The summed E-state index contributed by atoms with van der Waals surface area (Å²) < 4.78 is 4.59. The molecule has 4 nitrogen and oxygen atoms in total. The molecule has 0 aliphatic carbocycles. The molecular formula is C9H14N2O2. The summed E-state index contributed by atoms with van der Waals surface area (Å²) in [5, 5.41) is 3.01. The number of ether oxygens (including phenoxy) is 1. The molecule has 72 valence electrons. The second kappa shape index (κ2) is 4.09. The minimum atomic E-state index is -0.328. The second-order valence-corrected chi connectivity index (χ2v) is 2.87. The van der Waals surface area contributed by atoms with Crippen LogP contribution in [0.3, 0.4) is 0 Å². The number of carbonyl (C=O) groups excluding carboxylic acids is 1. The number of esters is 1. The van der Waals surface area contributed by atoms with E-state index in [2.05, 4.69) is 15.0 Å². The minimum Gasteiger partial charge on any atom is -0.464 e. The average molecular weight is 182 g/mol. The number of carbonyl (C=O) groups is 1. The summed E-state index contributed by atoms with van der Waals surface area (Å²) >= 11 is 0. The zero-order valence-electron chi connectivity index (χ0n) is 8.10. The van der Waals surface area contributed by atoms with Crippen molar-refractivity contribution in [3.63, 3.8) is 0 Å². The summed E-state index contributed by atoms with van der Waals surface area (Å²) in [6.45, 7) is 2.68. The molecule has 0 saturated heterocycles. The van der Waals surface area contributed by atoms with Crippen LogP contribution < -0.4 is 5.32 Å². The zero-order valence-corrected chi connectivity index (χ0v) is 8.10. The van der Waals surface area contributed by atoms with Gasteiger partial charge in [-0.1, -0.05) is 0 Å². The fourth-order valence-electron chi connectivity index (χ4n) is 1.18. The lowest BCUT2D eigenvalue weighted by Gasteiger charge is -1.97. The van der Waals surface area contributed by atoms with Crippen LogP contribution in [0.1, 0.15) is 21.7 Å². The highest BCUT2D eigenvalue weighted by molar-refractivity contribution is 5.87. The Morgan fingerprint density at radius 3 is 2.92 bits per heavy atom. The van der Waals surface area contributed by atoms with Crippen molar-refractivity contribution in [2.75, 3.05) is 14.2 Å². The highest BCUT2D eigenvalue weighted by Gasteiger charge is 2.10. The van der Waals surface area contributed by atoms with Crippen molar-refractivity contribution in [1.82, 2.24) is 10.3 Å². The molecule has 0 amide bonds. The zero-order chi connectivity index (χ0) is 9.84. The van der Waals surface area contributed by atoms with E-state index in [-0.39, 0.29) is 5.97 Å². The van der Waals surface area contributed by atoms with Gasteiger partial charge in [0.25, 0.3) is 0 Å². The summed E-state index contributed by atoms with van der Waals surface area (Å²) in [5.41, 5.74) is 2.59. The number of aromatic nitrogens is 1. The number of H-pyrrole nitrogens is 1. The van der Waals surface area contributed by atoms with Crippen LogP contribution in [0.15, 0.2) is 6.07 Å². The standard InChI is InChI=1S/C9H14N2O2/c1-6-4-7(9(12)13-3)11-8(6)5-10-2/h4,10-11H,5H2,1-3H3. The van der Waals surface area contributed by atoms with Gasteiger partial charge in [0.1, 0.15) is 5.69 Å². The van der Waals surface area contributed by atoms with Crippen LogP contribution >= 0.6 is 0 Å². The summed E-state index contributed by atoms with van der Waals surface area (Å²) in [5.74, 6) is -0.328. The first kappa shape index (κ1) is 9.80. The SMILES string of the molecule is CNCc1[nH]c(C(=O)OC)cc1C. The third-order valence-electron chi connectivity index (χ3n) is 1.88. The maximum absolute atomic E-state index is 11.1. The van der Waals surface area contributed by atoms with E-state index in [9.17, 15) is 4.79 Å². The summed E-state index contributed by atoms with van der Waals surface area (Å²) in [7, 11) is 3.23. The molecule has 1 heterocycles. The molecule has 0 radical (unpaired) electrons. The van der Waals surface area contributed by atoms with Crippen molar-refractivity contribution in [1.29, 1.82) is 0 Å². The smallest absolute Gasteiger partial charge is 0.354 e. The second-order valence-electron chi connectivity index (χ2n) is 2.87. The fourth-order valence-corrected chi connectivity index (χ4v) is 1.18. The third kappa shape index (κ3) is 2.09. The number of rotatable bonds is 3. The molecule has 0 aromatic carbocycles. The maximum atomic E-state index is 11.1. The van der Waals surface area contributed by atoms with E-state index in [1.807, 2.05) is 14.0 Å². The predicted molar refractivity (Wildman–Crippen MR) is 49.6 cm³/mol. The number of nitrogens with one attached hydrogen (secondary N) is 2. The predicted octanol–water partition coefficient (Wildman–Crippen LogP) is 0.829. The van der Waals surface area contributed by atoms with E-state index in [0.717, 1.165) is 17.8 Å². The van der Waals surface area contributed by atoms with E-state index in [4.69, 9.17) is 0 Å². The van der Waals surface area contributed by atoms with Crippen LogP contribution in [0.4, 0.5) is 0 Å². The highest BCUT2D eigenvalue weighted by atomic mass is 16.5. The topological polar surface area (TPSA) is 54.1 Å². The lowest BCUT2D eigenvalue weighted by Crippen LogP contribution is -2.07. The Morgan fingerprint density at radius 1 is 1.69 bits per heavy atom. The van der Waals surface area contributed by atoms with Crippen molar-refractivity contribution >= 4 is 5.97 Å². The molecular weight excluding hydrogens is 168 g/mol. The Kier molecular flexibility index (Phi) is 3.08. The monoisotopic (exact) mass is 182 g/mol. The molecule has 0 fully saturated rings. The fraction of sp³-hybridized carbons (Fsp3) is 0.444. The van der Waals surface area contributed by atoms with Gasteiger partial charge in [-0.15, -0.1) is 0 Å². The molecule has 1 aromatic heterocycles. The van der Waals surface area contributed by atoms with Gasteiger partial charge in [0, 0.05) is 12.2 Å². The molecule has 2 N–H and O–H groups in total. The maximum Gasteiger partial charge on any atom is 0.354 e. The van der Waals surface area contributed by atoms with Crippen LogP contribution in [-0.4, -0.2) is 25.1 Å². The van der Waals surface area contributed by atoms with Gasteiger partial charge in [-0.3, -0.25) is 0 Å². The van der Waals surface area contributed by atoms with Gasteiger partial charge >= 0.3 is 5.97 Å². The van der Waals surface area contributed by atoms with Gasteiger partial charge < -0.3 is 15.0 Å². The van der Waals surface area contributed by atoms with Crippen LogP contribution in [0.5, 0.6) is 0 Å². The summed E-state index contributed by atoms with van der Waals surface area (Å²) in [4.78, 5) is 14.1. The molecule has 1 aromatic rings. The number of hydrogen-bond donors (Lipinski definition) is 2. The number of methoxy groups -OCH3 is 1. The molecule has 0 spiro atoms. The highest BCUT2D eigenvalue weighted by Crippen LogP contribution is 2.10. The first-order valence-electron chi connectivity index (χ1n) is 4.10. The Balaban J connectivity index is 2.88. The first-order valence-corrected chi connectivity index (χ1v) is 4.10. The summed E-state index contributed by atoms with van der Waals surface area (Å²) in [6.07, 6.45) is 0. The van der Waals surface area contributed by atoms with E-state index in [1.54, 1.807) is 6.07 Å². The average Bonchev–Trinajstić information content (AvgIpc) is 2.47. The molecule has 0 unspecified atom stereocenters. The van der Waals surface area contributed by atoms with Crippen molar-refractivity contribution in [2.24, 2.45) is 0 Å². The van der Waals surface area contributed by atoms with Crippen LogP contribution in [0, 0.1) is 6.92 Å². The van der Waals surface area contributed by atoms with E-state index >= 15 is 0 Å². The molecule has 0 saturated carbocycles. The molecule has 0 aliphatic heterocycles. The van der Waals surface area contributed by atoms with Gasteiger partial charge in [-0.2, -0.15) is 0 Å². The Labute approximate surface area is 77.3 Å².